The molecule has 0 fully saturated rings. The van der Waals surface area contributed by atoms with Gasteiger partial charge in [0.25, 0.3) is 11.5 Å². The first-order valence-electron chi connectivity index (χ1n) is 8.18. The number of H-pyrrole nitrogens is 1. The number of nitrogens with one attached hydrogen (secondary N) is 2. The highest BCUT2D eigenvalue weighted by molar-refractivity contribution is 7.71. The lowest BCUT2D eigenvalue weighted by Crippen LogP contribution is -2.31. The summed E-state index contributed by atoms with van der Waals surface area (Å²) in [5.41, 5.74) is 0.792. The lowest BCUT2D eigenvalue weighted by molar-refractivity contribution is 0.0951. The van der Waals surface area contributed by atoms with Crippen molar-refractivity contribution in [1.82, 2.24) is 19.8 Å². The molecule has 0 unspecified atom stereocenters. The fourth-order valence-corrected chi connectivity index (χ4v) is 2.85. The molecule has 0 spiro atoms. The van der Waals surface area contributed by atoms with Crippen LogP contribution in [0.5, 0.6) is 0 Å². The van der Waals surface area contributed by atoms with Crippen molar-refractivity contribution >= 4 is 29.0 Å². The van der Waals surface area contributed by atoms with E-state index in [1.165, 1.54) is 4.57 Å². The van der Waals surface area contributed by atoms with Crippen molar-refractivity contribution in [2.45, 2.75) is 6.54 Å². The zero-order valence-electron chi connectivity index (χ0n) is 14.6. The standard InChI is InChI=1S/C18H20N4O3S/c1-21(2)8-7-19-16(23)12-5-6-14-15(10-12)20-18(26)22(17(14)24)11-13-4-3-9-25-13/h3-6,9-10H,7-8,11H2,1-2H3,(H,19,23)(H,20,26). The Balaban J connectivity index is 1.90. The topological polar surface area (TPSA) is 83.3 Å². The van der Waals surface area contributed by atoms with Gasteiger partial charge in [-0.05, 0) is 56.6 Å². The molecular formula is C18H20N4O3S. The Kier molecular flexibility index (Phi) is 5.34. The summed E-state index contributed by atoms with van der Waals surface area (Å²) >= 11 is 5.31. The van der Waals surface area contributed by atoms with E-state index in [4.69, 9.17) is 16.6 Å². The fourth-order valence-electron chi connectivity index (χ4n) is 2.59. The minimum Gasteiger partial charge on any atom is -0.467 e. The molecule has 0 bridgehead atoms. The van der Waals surface area contributed by atoms with Gasteiger partial charge in [0.1, 0.15) is 5.76 Å². The van der Waals surface area contributed by atoms with Crippen LogP contribution in [0.4, 0.5) is 0 Å². The molecule has 2 N–H and O–H groups in total. The molecular weight excluding hydrogens is 352 g/mol. The summed E-state index contributed by atoms with van der Waals surface area (Å²) in [4.78, 5) is 30.0. The summed E-state index contributed by atoms with van der Waals surface area (Å²) in [5.74, 6) is 0.454. The summed E-state index contributed by atoms with van der Waals surface area (Å²) in [6.07, 6.45) is 1.55. The van der Waals surface area contributed by atoms with Gasteiger partial charge in [0, 0.05) is 18.7 Å². The molecule has 2 heterocycles. The van der Waals surface area contributed by atoms with E-state index in [1.807, 2.05) is 19.0 Å². The molecule has 0 aliphatic heterocycles. The number of amides is 1. The van der Waals surface area contributed by atoms with Crippen molar-refractivity contribution in [2.24, 2.45) is 0 Å². The number of benzene rings is 1. The van der Waals surface area contributed by atoms with E-state index in [0.717, 1.165) is 6.54 Å². The van der Waals surface area contributed by atoms with Crippen molar-refractivity contribution in [3.05, 3.63) is 63.0 Å². The molecule has 3 rings (SSSR count). The number of hydrogen-bond donors (Lipinski definition) is 2. The number of carbonyl (C=O) groups excluding carboxylic acids is 1. The molecule has 7 nitrogen and oxygen atoms in total. The van der Waals surface area contributed by atoms with Crippen LogP contribution in [0.3, 0.4) is 0 Å². The van der Waals surface area contributed by atoms with Gasteiger partial charge < -0.3 is 19.6 Å². The Labute approximate surface area is 155 Å². The van der Waals surface area contributed by atoms with Crippen LogP contribution in [0.2, 0.25) is 0 Å². The van der Waals surface area contributed by atoms with Crippen molar-refractivity contribution in [1.29, 1.82) is 0 Å². The van der Waals surface area contributed by atoms with Gasteiger partial charge in [0.15, 0.2) is 4.77 Å². The van der Waals surface area contributed by atoms with Crippen molar-refractivity contribution in [3.8, 4) is 0 Å². The number of nitrogens with zero attached hydrogens (tertiary/aromatic N) is 2. The first-order valence-corrected chi connectivity index (χ1v) is 8.59. The van der Waals surface area contributed by atoms with Crippen LogP contribution < -0.4 is 10.9 Å². The average Bonchev–Trinajstić information content (AvgIpc) is 3.11. The number of likely N-dealkylation sites (N-methyl/N-ethyl adjacent to an activating group) is 1. The van der Waals surface area contributed by atoms with Gasteiger partial charge in [-0.25, -0.2) is 0 Å². The fraction of sp³-hybridized carbons (Fsp3) is 0.278. The Morgan fingerprint density at radius 1 is 1.35 bits per heavy atom. The van der Waals surface area contributed by atoms with Crippen LogP contribution >= 0.6 is 12.2 Å². The highest BCUT2D eigenvalue weighted by Gasteiger charge is 2.11. The van der Waals surface area contributed by atoms with Crippen molar-refractivity contribution in [3.63, 3.8) is 0 Å². The van der Waals surface area contributed by atoms with Gasteiger partial charge in [-0.15, -0.1) is 0 Å². The summed E-state index contributed by atoms with van der Waals surface area (Å²) in [7, 11) is 3.88. The number of carbonyl (C=O) groups is 1. The quantitative estimate of drug-likeness (QED) is 0.647. The second kappa shape index (κ2) is 7.67. The number of aromatic amines is 1. The maximum Gasteiger partial charge on any atom is 0.262 e. The number of aromatic nitrogens is 2. The number of furan rings is 1. The minimum atomic E-state index is -0.222. The largest absolute Gasteiger partial charge is 0.467 e. The lowest BCUT2D eigenvalue weighted by atomic mass is 10.1. The summed E-state index contributed by atoms with van der Waals surface area (Å²) < 4.78 is 7.01. The van der Waals surface area contributed by atoms with Crippen LogP contribution in [0.15, 0.2) is 45.8 Å². The minimum absolute atomic E-state index is 0.187. The van der Waals surface area contributed by atoms with Gasteiger partial charge in [0.05, 0.1) is 23.7 Å². The normalized spacial score (nSPS) is 11.2. The maximum atomic E-state index is 12.7. The van der Waals surface area contributed by atoms with Gasteiger partial charge in [-0.1, -0.05) is 0 Å². The Hall–Kier alpha value is -2.71. The van der Waals surface area contributed by atoms with Crippen LogP contribution in [-0.4, -0.2) is 47.5 Å². The zero-order chi connectivity index (χ0) is 18.7. The third-order valence-corrected chi connectivity index (χ3v) is 4.31. The number of hydrogen-bond acceptors (Lipinski definition) is 5. The first kappa shape index (κ1) is 18.1. The molecule has 136 valence electrons. The van der Waals surface area contributed by atoms with E-state index in [9.17, 15) is 9.59 Å². The second-order valence-corrected chi connectivity index (χ2v) is 6.61. The predicted octanol–water partition coefficient (Wildman–Crippen LogP) is 1.99. The highest BCUT2D eigenvalue weighted by Crippen LogP contribution is 2.12. The maximum absolute atomic E-state index is 12.7. The Morgan fingerprint density at radius 2 is 2.15 bits per heavy atom. The van der Waals surface area contributed by atoms with Crippen molar-refractivity contribution < 1.29 is 9.21 Å². The summed E-state index contributed by atoms with van der Waals surface area (Å²) in [6, 6.07) is 8.47. The Bertz CT molecular complexity index is 1030. The van der Waals surface area contributed by atoms with Crippen LogP contribution in [0.25, 0.3) is 10.9 Å². The monoisotopic (exact) mass is 372 g/mol. The zero-order valence-corrected chi connectivity index (χ0v) is 15.4. The molecule has 1 amide bonds. The third kappa shape index (κ3) is 3.92. The number of rotatable bonds is 6. The summed E-state index contributed by atoms with van der Waals surface area (Å²) in [6.45, 7) is 1.55. The molecule has 1 aromatic carbocycles. The molecule has 0 atom stereocenters. The Morgan fingerprint density at radius 3 is 2.85 bits per heavy atom. The predicted molar refractivity (Wildman–Crippen MR) is 102 cm³/mol. The van der Waals surface area contributed by atoms with E-state index in [-0.39, 0.29) is 22.8 Å². The molecule has 0 saturated heterocycles. The average molecular weight is 372 g/mol. The third-order valence-electron chi connectivity index (χ3n) is 3.98. The molecule has 0 saturated carbocycles. The van der Waals surface area contributed by atoms with Gasteiger partial charge in [-0.3, -0.25) is 14.2 Å². The molecule has 0 aliphatic carbocycles. The SMILES string of the molecule is CN(C)CCNC(=O)c1ccc2c(=O)n(Cc3ccco3)c(=S)[nH]c2c1. The number of fused-ring (bicyclic) bond motifs is 1. The molecule has 2 aromatic heterocycles. The first-order chi connectivity index (χ1) is 12.5. The smallest absolute Gasteiger partial charge is 0.262 e. The van der Waals surface area contributed by atoms with Crippen LogP contribution in [-0.2, 0) is 6.54 Å². The van der Waals surface area contributed by atoms with E-state index < -0.39 is 0 Å². The molecule has 0 radical (unpaired) electrons. The molecule has 8 heteroatoms. The van der Waals surface area contributed by atoms with Crippen LogP contribution in [0.1, 0.15) is 16.1 Å². The van der Waals surface area contributed by atoms with E-state index in [0.29, 0.717) is 28.8 Å². The summed E-state index contributed by atoms with van der Waals surface area (Å²) in [5, 5.41) is 3.32. The van der Waals surface area contributed by atoms with Gasteiger partial charge >= 0.3 is 0 Å². The van der Waals surface area contributed by atoms with Gasteiger partial charge in [-0.2, -0.15) is 0 Å². The van der Waals surface area contributed by atoms with E-state index in [1.54, 1.807) is 36.6 Å². The van der Waals surface area contributed by atoms with E-state index in [2.05, 4.69) is 10.3 Å². The van der Waals surface area contributed by atoms with Gasteiger partial charge in [0.2, 0.25) is 0 Å². The van der Waals surface area contributed by atoms with Crippen LogP contribution in [0, 0.1) is 4.77 Å². The highest BCUT2D eigenvalue weighted by atomic mass is 32.1. The second-order valence-electron chi connectivity index (χ2n) is 6.22. The van der Waals surface area contributed by atoms with E-state index >= 15 is 0 Å². The lowest BCUT2D eigenvalue weighted by Gasteiger charge is -2.11. The van der Waals surface area contributed by atoms with Crippen molar-refractivity contribution in [2.75, 3.05) is 27.2 Å². The molecule has 3 aromatic rings. The molecule has 0 aliphatic rings. The molecule has 26 heavy (non-hydrogen) atoms.